The molecule has 0 amide bonds. The third-order valence-corrected chi connectivity index (χ3v) is 3.95. The van der Waals surface area contributed by atoms with Crippen LogP contribution in [0.4, 0.5) is 0 Å². The van der Waals surface area contributed by atoms with Gasteiger partial charge < -0.3 is 5.32 Å². The topological polar surface area (TPSA) is 24.9 Å². The second kappa shape index (κ2) is 7.80. The van der Waals surface area contributed by atoms with Gasteiger partial charge in [-0.3, -0.25) is 0 Å². The van der Waals surface area contributed by atoms with Gasteiger partial charge in [0.25, 0.3) is 0 Å². The Labute approximate surface area is 103 Å². The van der Waals surface area contributed by atoms with E-state index in [0.717, 1.165) is 18.9 Å². The monoisotopic (exact) mass is 240 g/mol. The van der Waals surface area contributed by atoms with Crippen molar-refractivity contribution in [1.29, 1.82) is 0 Å². The van der Waals surface area contributed by atoms with Crippen LogP contribution in [0.25, 0.3) is 0 Å². The third-order valence-electron chi connectivity index (χ3n) is 3.15. The lowest BCUT2D eigenvalue weighted by Crippen LogP contribution is -2.38. The molecule has 0 radical (unpaired) electrons. The van der Waals surface area contributed by atoms with E-state index in [9.17, 15) is 0 Å². The highest BCUT2D eigenvalue weighted by atomic mass is 32.1. The van der Waals surface area contributed by atoms with Gasteiger partial charge in [-0.1, -0.05) is 33.6 Å². The molecule has 1 atom stereocenters. The molecule has 0 saturated carbocycles. The van der Waals surface area contributed by atoms with E-state index in [1.807, 2.05) is 6.20 Å². The van der Waals surface area contributed by atoms with Crippen LogP contribution in [-0.2, 0) is 6.42 Å². The second-order valence-electron chi connectivity index (χ2n) is 4.27. The molecule has 2 nitrogen and oxygen atoms in total. The van der Waals surface area contributed by atoms with Crippen LogP contribution in [0.15, 0.2) is 11.6 Å². The molecular weight excluding hydrogens is 216 g/mol. The maximum Gasteiger partial charge on any atom is 0.0940 e. The molecule has 1 aromatic heterocycles. The van der Waals surface area contributed by atoms with Crippen LogP contribution in [-0.4, -0.2) is 17.6 Å². The van der Waals surface area contributed by atoms with Crippen LogP contribution in [0, 0.1) is 5.92 Å². The predicted molar refractivity (Wildman–Crippen MR) is 72.0 cm³/mol. The fraction of sp³-hybridized carbons (Fsp3) is 0.769. The zero-order chi connectivity index (χ0) is 11.8. The number of nitrogens with zero attached hydrogens (tertiary/aromatic N) is 1. The van der Waals surface area contributed by atoms with Crippen molar-refractivity contribution in [2.75, 3.05) is 6.54 Å². The highest BCUT2D eigenvalue weighted by Crippen LogP contribution is 2.18. The van der Waals surface area contributed by atoms with E-state index in [2.05, 4.69) is 36.5 Å². The summed E-state index contributed by atoms with van der Waals surface area (Å²) >= 11 is 1.77. The van der Waals surface area contributed by atoms with Crippen LogP contribution in [0.5, 0.6) is 0 Å². The van der Waals surface area contributed by atoms with Gasteiger partial charge in [0.05, 0.1) is 5.01 Å². The van der Waals surface area contributed by atoms with Crippen molar-refractivity contribution in [3.8, 4) is 0 Å². The Balaban J connectivity index is 2.55. The quantitative estimate of drug-likeness (QED) is 0.752. The van der Waals surface area contributed by atoms with Crippen molar-refractivity contribution in [1.82, 2.24) is 10.3 Å². The molecular formula is C13H24N2S. The molecule has 0 bridgehead atoms. The van der Waals surface area contributed by atoms with E-state index in [-0.39, 0.29) is 0 Å². The van der Waals surface area contributed by atoms with E-state index in [0.29, 0.717) is 6.04 Å². The van der Waals surface area contributed by atoms with Crippen LogP contribution in [0.1, 0.15) is 45.0 Å². The molecule has 3 heteroatoms. The molecule has 1 N–H and O–H groups in total. The maximum atomic E-state index is 4.39. The highest BCUT2D eigenvalue weighted by Gasteiger charge is 2.18. The van der Waals surface area contributed by atoms with Crippen LogP contribution < -0.4 is 5.32 Å². The minimum atomic E-state index is 0.598. The van der Waals surface area contributed by atoms with Gasteiger partial charge in [-0.15, -0.1) is 11.3 Å². The number of hydrogen-bond donors (Lipinski definition) is 1. The summed E-state index contributed by atoms with van der Waals surface area (Å²) in [6, 6.07) is 0.598. The van der Waals surface area contributed by atoms with Gasteiger partial charge in [0.15, 0.2) is 0 Å². The lowest BCUT2D eigenvalue weighted by atomic mass is 9.92. The first-order valence-electron chi connectivity index (χ1n) is 6.43. The van der Waals surface area contributed by atoms with Gasteiger partial charge in [-0.05, 0) is 18.9 Å². The minimum absolute atomic E-state index is 0.598. The van der Waals surface area contributed by atoms with Crippen LogP contribution in [0.2, 0.25) is 0 Å². The van der Waals surface area contributed by atoms with Crippen molar-refractivity contribution < 1.29 is 0 Å². The van der Waals surface area contributed by atoms with E-state index < -0.39 is 0 Å². The number of rotatable bonds is 8. The predicted octanol–water partition coefficient (Wildman–Crippen LogP) is 3.49. The molecule has 1 rings (SSSR count). The maximum absolute atomic E-state index is 4.39. The minimum Gasteiger partial charge on any atom is -0.313 e. The molecule has 0 fully saturated rings. The zero-order valence-corrected chi connectivity index (χ0v) is 11.5. The van der Waals surface area contributed by atoms with Crippen molar-refractivity contribution in [3.05, 3.63) is 16.6 Å². The lowest BCUT2D eigenvalue weighted by Gasteiger charge is -2.25. The number of hydrogen-bond acceptors (Lipinski definition) is 3. The first-order chi connectivity index (χ1) is 7.81. The van der Waals surface area contributed by atoms with E-state index in [1.54, 1.807) is 11.3 Å². The lowest BCUT2D eigenvalue weighted by molar-refractivity contribution is 0.332. The van der Waals surface area contributed by atoms with Gasteiger partial charge in [0.1, 0.15) is 0 Å². The molecule has 92 valence electrons. The number of aromatic nitrogens is 1. The van der Waals surface area contributed by atoms with Crippen LogP contribution >= 0.6 is 11.3 Å². The standard InChI is InChI=1S/C13H24N2S/c1-4-7-14-12(11(5-2)6-3)10-13-15-8-9-16-13/h8-9,11-12,14H,4-7,10H2,1-3H3. The molecule has 1 unspecified atom stereocenters. The molecule has 0 aliphatic heterocycles. The fourth-order valence-corrected chi connectivity index (χ4v) is 2.81. The number of thiazole rings is 1. The Bertz CT molecular complexity index is 255. The average molecular weight is 240 g/mol. The van der Waals surface area contributed by atoms with Crippen molar-refractivity contribution >= 4 is 11.3 Å². The molecule has 16 heavy (non-hydrogen) atoms. The van der Waals surface area contributed by atoms with Crippen molar-refractivity contribution in [3.63, 3.8) is 0 Å². The van der Waals surface area contributed by atoms with E-state index in [1.165, 1.54) is 24.3 Å². The molecule has 0 saturated heterocycles. The average Bonchev–Trinajstić information content (AvgIpc) is 2.80. The largest absolute Gasteiger partial charge is 0.313 e. The summed E-state index contributed by atoms with van der Waals surface area (Å²) in [5, 5.41) is 7.01. The Hall–Kier alpha value is -0.410. The summed E-state index contributed by atoms with van der Waals surface area (Å²) in [6.07, 6.45) is 6.70. The van der Waals surface area contributed by atoms with Gasteiger partial charge in [0.2, 0.25) is 0 Å². The zero-order valence-electron chi connectivity index (χ0n) is 10.7. The second-order valence-corrected chi connectivity index (χ2v) is 5.25. The van der Waals surface area contributed by atoms with E-state index >= 15 is 0 Å². The first-order valence-corrected chi connectivity index (χ1v) is 7.31. The van der Waals surface area contributed by atoms with Crippen molar-refractivity contribution in [2.45, 2.75) is 52.5 Å². The summed E-state index contributed by atoms with van der Waals surface area (Å²) in [7, 11) is 0. The summed E-state index contributed by atoms with van der Waals surface area (Å²) in [4.78, 5) is 4.39. The molecule has 0 aromatic carbocycles. The molecule has 0 aliphatic carbocycles. The Morgan fingerprint density at radius 1 is 1.31 bits per heavy atom. The van der Waals surface area contributed by atoms with Gasteiger partial charge >= 0.3 is 0 Å². The van der Waals surface area contributed by atoms with Crippen LogP contribution in [0.3, 0.4) is 0 Å². The Morgan fingerprint density at radius 3 is 2.56 bits per heavy atom. The molecule has 1 heterocycles. The molecule has 0 spiro atoms. The van der Waals surface area contributed by atoms with Gasteiger partial charge in [-0.2, -0.15) is 0 Å². The SMILES string of the molecule is CCCNC(Cc1nccs1)C(CC)CC. The molecule has 1 aromatic rings. The van der Waals surface area contributed by atoms with E-state index in [4.69, 9.17) is 0 Å². The summed E-state index contributed by atoms with van der Waals surface area (Å²) in [6.45, 7) is 7.92. The van der Waals surface area contributed by atoms with Gasteiger partial charge in [0, 0.05) is 24.0 Å². The van der Waals surface area contributed by atoms with Crippen molar-refractivity contribution in [2.24, 2.45) is 5.92 Å². The third kappa shape index (κ3) is 4.22. The molecule has 0 aliphatic rings. The Morgan fingerprint density at radius 2 is 2.06 bits per heavy atom. The normalized spacial score (nSPS) is 13.2. The summed E-state index contributed by atoms with van der Waals surface area (Å²) in [5.74, 6) is 0.774. The summed E-state index contributed by atoms with van der Waals surface area (Å²) < 4.78 is 0. The summed E-state index contributed by atoms with van der Waals surface area (Å²) in [5.41, 5.74) is 0. The number of nitrogens with one attached hydrogen (secondary N) is 1. The van der Waals surface area contributed by atoms with Gasteiger partial charge in [-0.25, -0.2) is 4.98 Å². The highest BCUT2D eigenvalue weighted by molar-refractivity contribution is 7.09. The first kappa shape index (κ1) is 13.7. The Kier molecular flexibility index (Phi) is 6.65. The smallest absolute Gasteiger partial charge is 0.0940 e. The fourth-order valence-electron chi connectivity index (χ4n) is 2.13.